The van der Waals surface area contributed by atoms with Crippen LogP contribution in [0.4, 0.5) is 13.2 Å². The topological polar surface area (TPSA) is 98.7 Å². The van der Waals surface area contributed by atoms with Crippen molar-refractivity contribution in [3.05, 3.63) is 58.8 Å². The van der Waals surface area contributed by atoms with Crippen molar-refractivity contribution in [3.63, 3.8) is 0 Å². The Balaban J connectivity index is 1.63. The number of ether oxygens (including phenoxy) is 2. The van der Waals surface area contributed by atoms with Crippen LogP contribution in [0.25, 0.3) is 10.9 Å². The fourth-order valence-electron chi connectivity index (χ4n) is 4.49. The van der Waals surface area contributed by atoms with E-state index in [4.69, 9.17) is 15.2 Å². The number of amides is 1. The third-order valence-corrected chi connectivity index (χ3v) is 6.27. The Morgan fingerprint density at radius 3 is 2.55 bits per heavy atom. The molecular formula is C28H36F3N3O4. The van der Waals surface area contributed by atoms with Gasteiger partial charge >= 0.3 is 6.18 Å². The maximum atomic E-state index is 12.6. The van der Waals surface area contributed by atoms with E-state index >= 15 is 0 Å². The van der Waals surface area contributed by atoms with Gasteiger partial charge in [-0.1, -0.05) is 13.0 Å². The van der Waals surface area contributed by atoms with Gasteiger partial charge in [-0.05, 0) is 74.6 Å². The Labute approximate surface area is 220 Å². The summed E-state index contributed by atoms with van der Waals surface area (Å²) < 4.78 is 50.5. The number of halogens is 3. The quantitative estimate of drug-likeness (QED) is 0.264. The first-order valence-corrected chi connectivity index (χ1v) is 12.7. The van der Waals surface area contributed by atoms with E-state index in [2.05, 4.69) is 5.32 Å². The van der Waals surface area contributed by atoms with Crippen molar-refractivity contribution in [3.8, 4) is 11.5 Å². The van der Waals surface area contributed by atoms with Gasteiger partial charge in [-0.25, -0.2) is 0 Å². The lowest BCUT2D eigenvalue weighted by atomic mass is 10.0. The molecule has 3 aromatic rings. The number of carbonyl (C=O) groups is 1. The third kappa shape index (κ3) is 7.88. The summed E-state index contributed by atoms with van der Waals surface area (Å²) in [6.45, 7) is 5.87. The summed E-state index contributed by atoms with van der Waals surface area (Å²) >= 11 is 0. The third-order valence-electron chi connectivity index (χ3n) is 6.27. The second kappa shape index (κ2) is 13.0. The van der Waals surface area contributed by atoms with Gasteiger partial charge < -0.3 is 30.2 Å². The minimum atomic E-state index is -4.43. The molecule has 0 radical (unpaired) electrons. The van der Waals surface area contributed by atoms with Crippen LogP contribution in [-0.4, -0.2) is 54.2 Å². The highest BCUT2D eigenvalue weighted by molar-refractivity contribution is 6.05. The summed E-state index contributed by atoms with van der Waals surface area (Å²) in [6.07, 6.45) is -2.52. The number of nitrogens with two attached hydrogens (primary N) is 1. The van der Waals surface area contributed by atoms with Gasteiger partial charge in [-0.15, -0.1) is 0 Å². The first-order chi connectivity index (χ1) is 18.0. The summed E-state index contributed by atoms with van der Waals surface area (Å²) in [4.78, 5) is 12.3. The van der Waals surface area contributed by atoms with Gasteiger partial charge in [0.25, 0.3) is 5.91 Å². The number of carbonyl (C=O) groups excluding carboxylic acids is 1. The average Bonchev–Trinajstić information content (AvgIpc) is 3.17. The molecule has 0 spiro atoms. The number of rotatable bonds is 14. The van der Waals surface area contributed by atoms with Gasteiger partial charge in [0.2, 0.25) is 0 Å². The van der Waals surface area contributed by atoms with Crippen LogP contribution in [0.1, 0.15) is 47.4 Å². The summed E-state index contributed by atoms with van der Waals surface area (Å²) in [6, 6.07) is 10.8. The molecule has 0 fully saturated rings. The summed E-state index contributed by atoms with van der Waals surface area (Å²) in [7, 11) is 0. The van der Waals surface area contributed by atoms with E-state index in [0.717, 1.165) is 27.7 Å². The monoisotopic (exact) mass is 535 g/mol. The van der Waals surface area contributed by atoms with E-state index < -0.39 is 18.7 Å². The number of nitrogens with zero attached hydrogens (tertiary/aromatic N) is 1. The zero-order valence-electron chi connectivity index (χ0n) is 22.0. The fraction of sp³-hybridized carbons (Fsp3) is 0.464. The largest absolute Gasteiger partial charge is 0.488 e. The van der Waals surface area contributed by atoms with Crippen molar-refractivity contribution in [2.24, 2.45) is 5.73 Å². The summed E-state index contributed by atoms with van der Waals surface area (Å²) in [5, 5.41) is 13.5. The van der Waals surface area contributed by atoms with Crippen LogP contribution in [0.3, 0.4) is 0 Å². The normalized spacial score (nSPS) is 12.6. The molecule has 1 heterocycles. The van der Waals surface area contributed by atoms with Crippen LogP contribution in [0.2, 0.25) is 0 Å². The van der Waals surface area contributed by atoms with Crippen LogP contribution in [0.5, 0.6) is 11.5 Å². The van der Waals surface area contributed by atoms with Crippen molar-refractivity contribution in [2.45, 2.75) is 58.8 Å². The molecule has 1 aromatic heterocycles. The van der Waals surface area contributed by atoms with Gasteiger partial charge in [0.05, 0.1) is 11.1 Å². The number of fused-ring (bicyclic) bond motifs is 1. The fourth-order valence-corrected chi connectivity index (χ4v) is 4.49. The number of aliphatic hydroxyl groups is 1. The van der Waals surface area contributed by atoms with Crippen LogP contribution < -0.4 is 20.5 Å². The first kappa shape index (κ1) is 29.3. The van der Waals surface area contributed by atoms with Crippen LogP contribution in [0.15, 0.2) is 36.4 Å². The van der Waals surface area contributed by atoms with Gasteiger partial charge in [-0.2, -0.15) is 13.2 Å². The molecule has 7 nitrogen and oxygen atoms in total. The number of hydrogen-bond acceptors (Lipinski definition) is 5. The molecular weight excluding hydrogens is 499 g/mol. The zero-order valence-corrected chi connectivity index (χ0v) is 22.0. The predicted molar refractivity (Wildman–Crippen MR) is 141 cm³/mol. The molecule has 10 heteroatoms. The Bertz CT molecular complexity index is 1240. The average molecular weight is 536 g/mol. The molecule has 4 N–H and O–H groups in total. The molecule has 1 amide bonds. The zero-order chi connectivity index (χ0) is 27.9. The number of nitrogens with one attached hydrogen (secondary N) is 1. The lowest BCUT2D eigenvalue weighted by molar-refractivity contribution is -0.153. The van der Waals surface area contributed by atoms with Gasteiger partial charge in [0.15, 0.2) is 18.1 Å². The van der Waals surface area contributed by atoms with Crippen molar-refractivity contribution >= 4 is 16.8 Å². The van der Waals surface area contributed by atoms with E-state index in [-0.39, 0.29) is 30.8 Å². The van der Waals surface area contributed by atoms with Crippen molar-refractivity contribution < 1.29 is 32.5 Å². The molecule has 0 bridgehead atoms. The summed E-state index contributed by atoms with van der Waals surface area (Å²) in [5.41, 5.74) is 9.80. The maximum Gasteiger partial charge on any atom is 0.422 e. The number of primary amides is 1. The number of aromatic nitrogens is 1. The molecule has 1 atom stereocenters. The van der Waals surface area contributed by atoms with Crippen molar-refractivity contribution in [1.82, 2.24) is 9.88 Å². The SMILES string of the molecule is CCc1ccc(OCC(F)(F)F)c(OCCN[C@H](C)Cc2cc(C(N)=O)c3c(c2)cc(C)n3CCCO)c1. The van der Waals surface area contributed by atoms with Gasteiger partial charge in [0.1, 0.15) is 6.61 Å². The van der Waals surface area contributed by atoms with Crippen LogP contribution in [0, 0.1) is 6.92 Å². The molecule has 0 saturated heterocycles. The van der Waals surface area contributed by atoms with E-state index in [1.807, 2.05) is 43.5 Å². The molecule has 0 aliphatic rings. The molecule has 2 aromatic carbocycles. The smallest absolute Gasteiger partial charge is 0.422 e. The highest BCUT2D eigenvalue weighted by atomic mass is 19.4. The molecule has 3 rings (SSSR count). The summed E-state index contributed by atoms with van der Waals surface area (Å²) in [5.74, 6) is -0.172. The maximum absolute atomic E-state index is 12.6. The van der Waals surface area contributed by atoms with Gasteiger partial charge in [0, 0.05) is 36.8 Å². The number of benzene rings is 2. The highest BCUT2D eigenvalue weighted by Gasteiger charge is 2.29. The molecule has 38 heavy (non-hydrogen) atoms. The Hall–Kier alpha value is -3.24. The Kier molecular flexibility index (Phi) is 10.0. The minimum absolute atomic E-state index is 0.0253. The van der Waals surface area contributed by atoms with Gasteiger partial charge in [-0.3, -0.25) is 4.79 Å². The van der Waals surface area contributed by atoms with Crippen molar-refractivity contribution in [2.75, 3.05) is 26.4 Å². The molecule has 0 aliphatic heterocycles. The predicted octanol–water partition coefficient (Wildman–Crippen LogP) is 4.53. The van der Waals surface area contributed by atoms with E-state index in [9.17, 15) is 23.1 Å². The van der Waals surface area contributed by atoms with Crippen molar-refractivity contribution in [1.29, 1.82) is 0 Å². The second-order valence-corrected chi connectivity index (χ2v) is 9.41. The van der Waals surface area contributed by atoms with E-state index in [1.54, 1.807) is 12.1 Å². The first-order valence-electron chi connectivity index (χ1n) is 12.7. The number of aryl methyl sites for hydroxylation is 3. The van der Waals surface area contributed by atoms with E-state index in [0.29, 0.717) is 37.9 Å². The molecule has 0 aliphatic carbocycles. The standard InChI is InChI=1S/C28H36F3N3O4/c1-4-20-6-7-24(38-17-28(29,30)31)25(16-20)37-11-8-33-18(2)12-21-14-22-13-19(3)34(9-5-10-35)26(22)23(15-21)27(32)36/h6-7,13-16,18,33,35H,4-5,8-12,17H2,1-3H3,(H2,32,36)/t18-/m1/s1. The lowest BCUT2D eigenvalue weighted by Gasteiger charge is -2.17. The molecule has 208 valence electrons. The van der Waals surface area contributed by atoms with Crippen LogP contribution in [-0.2, 0) is 19.4 Å². The van der Waals surface area contributed by atoms with E-state index in [1.165, 1.54) is 6.07 Å². The number of aliphatic hydroxyl groups excluding tert-OH is 1. The van der Waals surface area contributed by atoms with Crippen LogP contribution >= 0.6 is 0 Å². The molecule has 0 unspecified atom stereocenters. The number of alkyl halides is 3. The number of hydrogen-bond donors (Lipinski definition) is 3. The molecule has 0 saturated carbocycles. The Morgan fingerprint density at radius 2 is 1.89 bits per heavy atom. The minimum Gasteiger partial charge on any atom is -0.488 e. The lowest BCUT2D eigenvalue weighted by Crippen LogP contribution is -2.32. The second-order valence-electron chi connectivity index (χ2n) is 9.41. The highest BCUT2D eigenvalue weighted by Crippen LogP contribution is 2.30. The Morgan fingerprint density at radius 1 is 1.13 bits per heavy atom.